The van der Waals surface area contributed by atoms with Crippen molar-refractivity contribution in [3.63, 3.8) is 0 Å². The van der Waals surface area contributed by atoms with Crippen LogP contribution in [-0.2, 0) is 4.74 Å². The van der Waals surface area contributed by atoms with Gasteiger partial charge in [-0.15, -0.1) is 0 Å². The van der Waals surface area contributed by atoms with Gasteiger partial charge < -0.3 is 15.2 Å². The van der Waals surface area contributed by atoms with Crippen molar-refractivity contribution in [2.75, 3.05) is 46.0 Å². The summed E-state index contributed by atoms with van der Waals surface area (Å²) in [6.45, 7) is 7.69. The monoisotopic (exact) mass is 216 g/mol. The van der Waals surface area contributed by atoms with Crippen LogP contribution in [0.1, 0.15) is 19.8 Å². The standard InChI is InChI=1S/C11H24N2O2/c1-2-13(11-3-4-11)7-5-12-6-9-15-10-8-14/h11-12,14H,2-10H2,1H3. The van der Waals surface area contributed by atoms with Gasteiger partial charge in [0, 0.05) is 25.7 Å². The molecule has 1 saturated carbocycles. The second kappa shape index (κ2) is 8.05. The van der Waals surface area contributed by atoms with E-state index in [1.807, 2.05) is 0 Å². The molecule has 15 heavy (non-hydrogen) atoms. The van der Waals surface area contributed by atoms with Gasteiger partial charge >= 0.3 is 0 Å². The molecule has 0 heterocycles. The Bertz CT molecular complexity index is 152. The molecule has 1 aliphatic rings. The number of nitrogens with zero attached hydrogens (tertiary/aromatic N) is 1. The van der Waals surface area contributed by atoms with Gasteiger partial charge in [0.1, 0.15) is 0 Å². The molecule has 0 spiro atoms. The molecule has 1 rings (SSSR count). The number of hydrogen-bond donors (Lipinski definition) is 2. The van der Waals surface area contributed by atoms with Gasteiger partial charge in [0.05, 0.1) is 19.8 Å². The molecule has 0 saturated heterocycles. The van der Waals surface area contributed by atoms with Gasteiger partial charge in [-0.1, -0.05) is 6.92 Å². The van der Waals surface area contributed by atoms with Crippen LogP contribution in [0.3, 0.4) is 0 Å². The first-order valence-electron chi connectivity index (χ1n) is 6.01. The van der Waals surface area contributed by atoms with Crippen LogP contribution in [0.25, 0.3) is 0 Å². The van der Waals surface area contributed by atoms with Gasteiger partial charge in [0.15, 0.2) is 0 Å². The van der Waals surface area contributed by atoms with Crippen molar-refractivity contribution in [1.82, 2.24) is 10.2 Å². The van der Waals surface area contributed by atoms with Crippen LogP contribution in [-0.4, -0.2) is 62.0 Å². The zero-order valence-electron chi connectivity index (χ0n) is 9.74. The average molecular weight is 216 g/mol. The quantitative estimate of drug-likeness (QED) is 0.507. The molecule has 0 aromatic rings. The fourth-order valence-corrected chi connectivity index (χ4v) is 1.70. The topological polar surface area (TPSA) is 44.7 Å². The van der Waals surface area contributed by atoms with Crippen molar-refractivity contribution in [2.24, 2.45) is 0 Å². The first kappa shape index (κ1) is 12.9. The Morgan fingerprint density at radius 2 is 2.13 bits per heavy atom. The molecule has 0 bridgehead atoms. The summed E-state index contributed by atoms with van der Waals surface area (Å²) in [5, 5.41) is 11.8. The number of aliphatic hydroxyl groups excluding tert-OH is 1. The number of nitrogens with one attached hydrogen (secondary N) is 1. The lowest BCUT2D eigenvalue weighted by atomic mass is 10.4. The number of rotatable bonds is 10. The third-order valence-electron chi connectivity index (χ3n) is 2.70. The second-order valence-electron chi connectivity index (χ2n) is 3.95. The van der Waals surface area contributed by atoms with Gasteiger partial charge in [-0.25, -0.2) is 0 Å². The Morgan fingerprint density at radius 1 is 1.33 bits per heavy atom. The van der Waals surface area contributed by atoms with Crippen molar-refractivity contribution in [3.05, 3.63) is 0 Å². The SMILES string of the molecule is CCN(CCNCCOCCO)C1CC1. The van der Waals surface area contributed by atoms with Crippen LogP contribution in [0.4, 0.5) is 0 Å². The first-order valence-corrected chi connectivity index (χ1v) is 6.01. The minimum absolute atomic E-state index is 0.116. The Balaban J connectivity index is 1.83. The van der Waals surface area contributed by atoms with Gasteiger partial charge in [0.25, 0.3) is 0 Å². The summed E-state index contributed by atoms with van der Waals surface area (Å²) in [5.74, 6) is 0. The lowest BCUT2D eigenvalue weighted by Gasteiger charge is -2.19. The van der Waals surface area contributed by atoms with Crippen molar-refractivity contribution < 1.29 is 9.84 Å². The van der Waals surface area contributed by atoms with Crippen molar-refractivity contribution in [2.45, 2.75) is 25.8 Å². The van der Waals surface area contributed by atoms with Gasteiger partial charge in [-0.3, -0.25) is 4.90 Å². The smallest absolute Gasteiger partial charge is 0.0698 e. The van der Waals surface area contributed by atoms with Gasteiger partial charge in [0.2, 0.25) is 0 Å². The minimum atomic E-state index is 0.116. The first-order chi connectivity index (χ1) is 7.38. The summed E-state index contributed by atoms with van der Waals surface area (Å²) in [5.41, 5.74) is 0. The molecule has 4 heteroatoms. The maximum Gasteiger partial charge on any atom is 0.0698 e. The van der Waals surface area contributed by atoms with Crippen molar-refractivity contribution in [3.8, 4) is 0 Å². The zero-order valence-corrected chi connectivity index (χ0v) is 9.74. The van der Waals surface area contributed by atoms with Crippen LogP contribution >= 0.6 is 0 Å². The lowest BCUT2D eigenvalue weighted by molar-refractivity contribution is 0.0935. The van der Waals surface area contributed by atoms with Crippen LogP contribution < -0.4 is 5.32 Å². The molecule has 0 aromatic carbocycles. The van der Waals surface area contributed by atoms with E-state index >= 15 is 0 Å². The molecular weight excluding hydrogens is 192 g/mol. The molecule has 0 amide bonds. The molecule has 0 unspecified atom stereocenters. The lowest BCUT2D eigenvalue weighted by Crippen LogP contribution is -2.34. The van der Waals surface area contributed by atoms with E-state index in [0.29, 0.717) is 13.2 Å². The van der Waals surface area contributed by atoms with E-state index in [1.165, 1.54) is 12.8 Å². The highest BCUT2D eigenvalue weighted by Gasteiger charge is 2.26. The highest BCUT2D eigenvalue weighted by molar-refractivity contribution is 4.83. The summed E-state index contributed by atoms with van der Waals surface area (Å²) < 4.78 is 5.15. The van der Waals surface area contributed by atoms with E-state index in [0.717, 1.165) is 32.2 Å². The Labute approximate surface area is 92.6 Å². The second-order valence-corrected chi connectivity index (χ2v) is 3.95. The van der Waals surface area contributed by atoms with Crippen LogP contribution in [0.2, 0.25) is 0 Å². The van der Waals surface area contributed by atoms with E-state index in [9.17, 15) is 0 Å². The summed E-state index contributed by atoms with van der Waals surface area (Å²) in [7, 11) is 0. The third-order valence-corrected chi connectivity index (χ3v) is 2.70. The summed E-state index contributed by atoms with van der Waals surface area (Å²) in [4.78, 5) is 2.53. The molecule has 0 aliphatic heterocycles. The summed E-state index contributed by atoms with van der Waals surface area (Å²) in [6.07, 6.45) is 2.76. The predicted octanol–water partition coefficient (Wildman–Crippen LogP) is 0.0692. The van der Waals surface area contributed by atoms with E-state index in [2.05, 4.69) is 17.1 Å². The summed E-state index contributed by atoms with van der Waals surface area (Å²) in [6, 6.07) is 0.863. The molecule has 4 nitrogen and oxygen atoms in total. The van der Waals surface area contributed by atoms with Crippen LogP contribution in [0.15, 0.2) is 0 Å². The molecular formula is C11H24N2O2. The zero-order chi connectivity index (χ0) is 10.9. The fraction of sp³-hybridized carbons (Fsp3) is 1.00. The highest BCUT2D eigenvalue weighted by Crippen LogP contribution is 2.25. The Kier molecular flexibility index (Phi) is 6.92. The fourth-order valence-electron chi connectivity index (χ4n) is 1.70. The van der Waals surface area contributed by atoms with Crippen molar-refractivity contribution in [1.29, 1.82) is 0 Å². The molecule has 1 aliphatic carbocycles. The van der Waals surface area contributed by atoms with E-state index in [1.54, 1.807) is 0 Å². The van der Waals surface area contributed by atoms with Crippen LogP contribution in [0.5, 0.6) is 0 Å². The predicted molar refractivity (Wildman–Crippen MR) is 61.0 cm³/mol. The van der Waals surface area contributed by atoms with Crippen LogP contribution in [0, 0.1) is 0 Å². The van der Waals surface area contributed by atoms with E-state index in [-0.39, 0.29) is 6.61 Å². The molecule has 0 atom stereocenters. The number of likely N-dealkylation sites (N-methyl/N-ethyl adjacent to an activating group) is 1. The summed E-state index contributed by atoms with van der Waals surface area (Å²) >= 11 is 0. The average Bonchev–Trinajstić information content (AvgIpc) is 3.06. The Hall–Kier alpha value is -0.160. The van der Waals surface area contributed by atoms with E-state index < -0.39 is 0 Å². The van der Waals surface area contributed by atoms with Gasteiger partial charge in [-0.05, 0) is 19.4 Å². The number of aliphatic hydroxyl groups is 1. The highest BCUT2D eigenvalue weighted by atomic mass is 16.5. The van der Waals surface area contributed by atoms with E-state index in [4.69, 9.17) is 9.84 Å². The normalized spacial score (nSPS) is 16.2. The van der Waals surface area contributed by atoms with Crippen molar-refractivity contribution >= 4 is 0 Å². The Morgan fingerprint density at radius 3 is 2.73 bits per heavy atom. The maximum atomic E-state index is 8.49. The third kappa shape index (κ3) is 6.10. The van der Waals surface area contributed by atoms with Gasteiger partial charge in [-0.2, -0.15) is 0 Å². The molecule has 90 valence electrons. The molecule has 0 aromatic heterocycles. The molecule has 1 fully saturated rings. The minimum Gasteiger partial charge on any atom is -0.394 e. The largest absolute Gasteiger partial charge is 0.394 e. The number of hydrogen-bond acceptors (Lipinski definition) is 4. The molecule has 0 radical (unpaired) electrons. The molecule has 2 N–H and O–H groups in total. The maximum absolute atomic E-state index is 8.49. The number of ether oxygens (including phenoxy) is 1.